The van der Waals surface area contributed by atoms with Crippen LogP contribution in [0.3, 0.4) is 0 Å². The maximum atomic E-state index is 13.9. The number of phenols is 3. The quantitative estimate of drug-likeness (QED) is 0.0369. The Hall–Kier alpha value is -9.73. The Labute approximate surface area is 626 Å². The summed E-state index contributed by atoms with van der Waals surface area (Å²) < 4.78 is 73.0. The third kappa shape index (κ3) is 17.1. The monoisotopic (exact) mass is 1490 g/mol. The molecule has 9 aromatic carbocycles. The first-order valence-electron chi connectivity index (χ1n) is 35.8. The predicted octanol–water partition coefficient (Wildman–Crippen LogP) is 20.2. The average Bonchev–Trinajstić information content (AvgIpc) is 1.63. The number of aryl methyl sites for hydroxylation is 5. The maximum absolute atomic E-state index is 13.9. The number of hydrogen-bond acceptors (Lipinski definition) is 15. The normalized spacial score (nSPS) is 14.2. The fourth-order valence-electron chi connectivity index (χ4n) is 14.0. The van der Waals surface area contributed by atoms with Gasteiger partial charge < -0.3 is 44.2 Å². The number of carbonyl (C=O) groups is 3. The Morgan fingerprint density at radius 3 is 1.08 bits per heavy atom. The molecule has 12 aromatic rings. The van der Waals surface area contributed by atoms with Crippen LogP contribution in [0, 0.1) is 51.3 Å². The topological polar surface area (TPSA) is 149 Å². The van der Waals surface area contributed by atoms with Crippen LogP contribution in [-0.2, 0) is 25.7 Å². The van der Waals surface area contributed by atoms with Crippen molar-refractivity contribution >= 4 is 81.6 Å². The number of halogens is 4. The van der Waals surface area contributed by atoms with E-state index in [1.54, 1.807) is 68.4 Å². The van der Waals surface area contributed by atoms with Crippen LogP contribution in [0.25, 0.3) is 30.3 Å². The summed E-state index contributed by atoms with van der Waals surface area (Å²) in [7, 11) is 0. The molecule has 546 valence electrons. The molecule has 0 aliphatic carbocycles. The molecule has 0 amide bonds. The number of alkyl halides is 3. The largest absolute Gasteiger partial charge is 0.508 e. The van der Waals surface area contributed by atoms with Gasteiger partial charge in [-0.1, -0.05) is 85.8 Å². The van der Waals surface area contributed by atoms with Crippen LogP contribution in [0.4, 0.5) is 17.6 Å². The first-order chi connectivity index (χ1) is 51.3. The highest BCUT2D eigenvalue weighted by Gasteiger charge is 2.31. The van der Waals surface area contributed by atoms with E-state index in [4.69, 9.17) is 14.2 Å². The van der Waals surface area contributed by atoms with Crippen molar-refractivity contribution in [3.63, 3.8) is 0 Å². The number of ether oxygens (including phenoxy) is 3. The van der Waals surface area contributed by atoms with Crippen molar-refractivity contribution < 1.29 is 61.5 Å². The first-order valence-corrected chi connectivity index (χ1v) is 38.2. The molecule has 6 heterocycles. The second kappa shape index (κ2) is 33.4. The third-order valence-electron chi connectivity index (χ3n) is 19.9. The number of phenolic OH excluding ortho intramolecular Hbond substituents is 3. The van der Waals surface area contributed by atoms with E-state index >= 15 is 0 Å². The van der Waals surface area contributed by atoms with Crippen LogP contribution in [0.1, 0.15) is 97.1 Å². The van der Waals surface area contributed by atoms with Crippen LogP contribution >= 0.6 is 34.0 Å². The summed E-state index contributed by atoms with van der Waals surface area (Å²) in [5.74, 6) is 3.60. The fraction of sp³-hybridized carbons (Fsp3) is 0.276. The molecule has 0 spiro atoms. The van der Waals surface area contributed by atoms with Gasteiger partial charge in [-0.05, 0) is 201 Å². The molecule has 0 atom stereocenters. The standard InChI is InChI=1S/C29H27F2NO3S.2C29H28FNO3S/c1-17-11-21(31)12-18(2)26(17)27(34)29-28(24-8-5-22(33)13-25(24)36-29)35-23-6-3-19(4-7-23)9-10-32-15-20(14-30)16-32;1-18-4-3-5-19(2)26(18)27(33)29-28(24-11-8-22(32)14-25(24)35-29)34-23-9-6-20(7-10-23)12-13-31-16-21(15-30)17-31;1-2-21-5-3-4-6-24(21)27(33)29-28(25-12-9-22(32)15-26(25)35-29)34-23-10-7-19(8-11-23)13-14-31-17-20(16-30)18-31/h3-8,11-13,20,33H,9-10,14-16H2,1-2H3;3-11,14,21,32H,12-13,15-17H2,1-2H3;3-12,15,20,32H,2,13-14,16-18H2,1H3. The molecule has 0 unspecified atom stereocenters. The number of rotatable bonds is 25. The van der Waals surface area contributed by atoms with Gasteiger partial charge in [-0.3, -0.25) is 27.6 Å². The van der Waals surface area contributed by atoms with Crippen molar-refractivity contribution in [2.75, 3.05) is 78.9 Å². The second-order valence-corrected chi connectivity index (χ2v) is 31.0. The Morgan fingerprint density at radius 1 is 0.415 bits per heavy atom. The number of hydrogen-bond donors (Lipinski definition) is 3. The number of likely N-dealkylation sites (tertiary alicyclic amines) is 3. The van der Waals surface area contributed by atoms with E-state index in [-0.39, 0.29) is 78.2 Å². The lowest BCUT2D eigenvalue weighted by molar-refractivity contribution is 0.0824. The molecule has 0 bridgehead atoms. The third-order valence-corrected chi connectivity index (χ3v) is 23.3. The molecule has 3 N–H and O–H groups in total. The molecule has 106 heavy (non-hydrogen) atoms. The van der Waals surface area contributed by atoms with Gasteiger partial charge in [0.15, 0.2) is 17.2 Å². The number of fused-ring (bicyclic) bond motifs is 3. The molecule has 3 saturated heterocycles. The van der Waals surface area contributed by atoms with Crippen LogP contribution in [0.15, 0.2) is 182 Å². The highest BCUT2D eigenvalue weighted by Crippen LogP contribution is 2.47. The smallest absolute Gasteiger partial charge is 0.207 e. The minimum Gasteiger partial charge on any atom is -0.508 e. The number of benzene rings is 9. The highest BCUT2D eigenvalue weighted by molar-refractivity contribution is 7.22. The molecule has 19 heteroatoms. The van der Waals surface area contributed by atoms with Gasteiger partial charge in [0.2, 0.25) is 17.3 Å². The summed E-state index contributed by atoms with van der Waals surface area (Å²) in [5, 5.41) is 32.3. The summed E-state index contributed by atoms with van der Waals surface area (Å²) >= 11 is 3.92. The second-order valence-electron chi connectivity index (χ2n) is 27.8. The van der Waals surface area contributed by atoms with Crippen LogP contribution < -0.4 is 14.2 Å². The van der Waals surface area contributed by atoms with E-state index in [0.29, 0.717) is 76.9 Å². The molecule has 15 rings (SSSR count). The van der Waals surface area contributed by atoms with Crippen molar-refractivity contribution in [3.8, 4) is 51.7 Å². The molecule has 0 saturated carbocycles. The van der Waals surface area contributed by atoms with Gasteiger partial charge in [0.1, 0.15) is 54.9 Å². The first kappa shape index (κ1) is 74.5. The van der Waals surface area contributed by atoms with E-state index in [2.05, 4.69) is 14.7 Å². The summed E-state index contributed by atoms with van der Waals surface area (Å²) in [6.07, 6.45) is 3.43. The SMILES string of the molecule is CCc1ccccc1C(=O)c1sc2cc(O)ccc2c1Oc1ccc(CCN2CC(CF)C2)cc1.Cc1cc(F)cc(C)c1C(=O)c1sc2cc(O)ccc2c1Oc1ccc(CCN2CC(CF)C2)cc1.Cc1cccc(C)c1C(=O)c1sc2cc(O)ccc2c1Oc1ccc(CCN2CC(CF)C2)cc1. The molecule has 3 fully saturated rings. The summed E-state index contributed by atoms with van der Waals surface area (Å²) in [4.78, 5) is 49.2. The molecule has 0 radical (unpaired) electrons. The van der Waals surface area contributed by atoms with Crippen LogP contribution in [0.2, 0.25) is 0 Å². The molecular formula is C87H83F4N3O9S3. The van der Waals surface area contributed by atoms with Crippen LogP contribution in [0.5, 0.6) is 51.7 Å². The van der Waals surface area contributed by atoms with Gasteiger partial charge in [-0.2, -0.15) is 0 Å². The van der Waals surface area contributed by atoms with Gasteiger partial charge in [-0.25, -0.2) is 4.39 Å². The van der Waals surface area contributed by atoms with E-state index in [0.717, 1.165) is 137 Å². The van der Waals surface area contributed by atoms with E-state index in [9.17, 15) is 47.3 Å². The van der Waals surface area contributed by atoms with Crippen molar-refractivity contribution in [2.24, 2.45) is 17.8 Å². The van der Waals surface area contributed by atoms with E-state index in [1.807, 2.05) is 136 Å². The van der Waals surface area contributed by atoms with Gasteiger partial charge in [0.25, 0.3) is 0 Å². The molecule has 3 aromatic heterocycles. The number of nitrogens with zero attached hydrogens (tertiary/aromatic N) is 3. The lowest BCUT2D eigenvalue weighted by Gasteiger charge is -2.37. The number of carbonyl (C=O) groups excluding carboxylic acids is 3. The minimum atomic E-state index is -0.379. The number of aromatic hydroxyl groups is 3. The number of thiophene rings is 3. The zero-order valence-corrected chi connectivity index (χ0v) is 62.2. The van der Waals surface area contributed by atoms with Crippen molar-refractivity contribution in [3.05, 3.63) is 264 Å². The van der Waals surface area contributed by atoms with Gasteiger partial charge in [-0.15, -0.1) is 34.0 Å². The van der Waals surface area contributed by atoms with Gasteiger partial charge >= 0.3 is 0 Å². The Balaban J connectivity index is 0.000000141. The molecule has 12 nitrogen and oxygen atoms in total. The molecule has 3 aliphatic rings. The lowest BCUT2D eigenvalue weighted by atomic mass is 9.97. The minimum absolute atomic E-state index is 0.0732. The van der Waals surface area contributed by atoms with Crippen molar-refractivity contribution in [1.29, 1.82) is 0 Å². The number of ketones is 3. The van der Waals surface area contributed by atoms with Gasteiger partial charge in [0, 0.05) is 124 Å². The van der Waals surface area contributed by atoms with Crippen LogP contribution in [-0.4, -0.2) is 126 Å². The van der Waals surface area contributed by atoms with Gasteiger partial charge in [0.05, 0.1) is 20.0 Å². The van der Waals surface area contributed by atoms with Crippen molar-refractivity contribution in [2.45, 2.75) is 60.3 Å². The summed E-state index contributed by atoms with van der Waals surface area (Å²) in [6, 6.07) is 54.9. The van der Waals surface area contributed by atoms with E-state index in [1.165, 1.54) is 57.3 Å². The Bertz CT molecular complexity index is 5110. The zero-order valence-electron chi connectivity index (χ0n) is 59.7. The molecular weight excluding hydrogens is 1400 g/mol. The molecule has 3 aliphatic heterocycles. The summed E-state index contributed by atoms with van der Waals surface area (Å²) in [5.41, 5.74) is 9.30. The Kier molecular flexibility index (Phi) is 23.5. The summed E-state index contributed by atoms with van der Waals surface area (Å²) in [6.45, 7) is 16.4. The fourth-order valence-corrected chi connectivity index (χ4v) is 17.4. The average molecular weight is 1490 g/mol. The maximum Gasteiger partial charge on any atom is 0.207 e. The highest BCUT2D eigenvalue weighted by atomic mass is 32.1. The zero-order chi connectivity index (χ0) is 74.3. The van der Waals surface area contributed by atoms with E-state index < -0.39 is 0 Å². The lowest BCUT2D eigenvalue weighted by Crippen LogP contribution is -2.48. The Morgan fingerprint density at radius 2 is 0.745 bits per heavy atom. The van der Waals surface area contributed by atoms with Crippen molar-refractivity contribution in [1.82, 2.24) is 14.7 Å². The predicted molar refractivity (Wildman–Crippen MR) is 417 cm³/mol.